The van der Waals surface area contributed by atoms with Crippen LogP contribution < -0.4 is 11.1 Å². The van der Waals surface area contributed by atoms with E-state index in [1.54, 1.807) is 0 Å². The Morgan fingerprint density at radius 3 is 2.61 bits per heavy atom. The minimum absolute atomic E-state index is 0.154. The van der Waals surface area contributed by atoms with Gasteiger partial charge in [0.15, 0.2) is 11.4 Å². The first-order valence-electron chi connectivity index (χ1n) is 9.27. The van der Waals surface area contributed by atoms with Gasteiger partial charge in [-0.05, 0) is 32.3 Å². The van der Waals surface area contributed by atoms with Gasteiger partial charge < -0.3 is 24.3 Å². The van der Waals surface area contributed by atoms with Gasteiger partial charge in [0.25, 0.3) is 0 Å². The number of benzene rings is 1. The molecule has 1 aromatic carbocycles. The number of likely N-dealkylation sites (N-methyl/N-ethyl adjacent to an activating group) is 1. The number of anilines is 1. The van der Waals surface area contributed by atoms with E-state index in [2.05, 4.69) is 10.3 Å². The molecule has 0 bridgehead atoms. The van der Waals surface area contributed by atoms with E-state index in [9.17, 15) is 27.9 Å². The van der Waals surface area contributed by atoms with E-state index >= 15 is 0 Å². The van der Waals surface area contributed by atoms with Crippen molar-refractivity contribution in [2.24, 2.45) is 7.05 Å². The summed E-state index contributed by atoms with van der Waals surface area (Å²) in [5.74, 6) is -2.35. The summed E-state index contributed by atoms with van der Waals surface area (Å²) in [5.41, 5.74) is -2.65. The van der Waals surface area contributed by atoms with Crippen molar-refractivity contribution in [2.75, 3.05) is 26.0 Å². The highest BCUT2D eigenvalue weighted by molar-refractivity contribution is 5.93. The number of oxazole rings is 1. The van der Waals surface area contributed by atoms with Gasteiger partial charge in [0, 0.05) is 38.2 Å². The van der Waals surface area contributed by atoms with Crippen LogP contribution in [0.25, 0.3) is 11.1 Å². The molecule has 0 spiro atoms. The van der Waals surface area contributed by atoms with Gasteiger partial charge in [-0.1, -0.05) is 0 Å². The van der Waals surface area contributed by atoms with Crippen molar-refractivity contribution in [3.63, 3.8) is 0 Å². The number of amides is 1. The van der Waals surface area contributed by atoms with Gasteiger partial charge in [0.05, 0.1) is 11.9 Å². The van der Waals surface area contributed by atoms with E-state index < -0.39 is 35.7 Å². The molecule has 0 aliphatic carbocycles. The quantitative estimate of drug-likeness (QED) is 0.578. The lowest BCUT2D eigenvalue weighted by Gasteiger charge is -2.29. The van der Waals surface area contributed by atoms with Crippen molar-refractivity contribution in [2.45, 2.75) is 24.7 Å². The first-order valence-corrected chi connectivity index (χ1v) is 9.27. The standard InChI is InChI=1S/C19H22F3N5O4/c1-25(2)8-9-27-13-10-12(4-5-14(13)31-17(27)29)24-15(28)11-18(30,19(20,21)22)16-23-6-7-26(16)3/h4-7,10,30H,8-9,11H2,1-3H3,(H,24,28)/t18-/m0/s1. The van der Waals surface area contributed by atoms with Gasteiger partial charge >= 0.3 is 11.9 Å². The fourth-order valence-electron chi connectivity index (χ4n) is 3.16. The molecule has 0 unspecified atom stereocenters. The molecule has 2 heterocycles. The summed E-state index contributed by atoms with van der Waals surface area (Å²) in [6.07, 6.45) is -4.09. The van der Waals surface area contributed by atoms with E-state index in [1.807, 2.05) is 19.0 Å². The van der Waals surface area contributed by atoms with E-state index in [0.717, 1.165) is 10.8 Å². The number of aromatic nitrogens is 3. The molecule has 0 aliphatic rings. The lowest BCUT2D eigenvalue weighted by molar-refractivity contribution is -0.270. The molecule has 9 nitrogen and oxygen atoms in total. The smallest absolute Gasteiger partial charge is 0.408 e. The Bertz CT molecular complexity index is 1150. The normalized spacial score (nSPS) is 14.2. The maximum atomic E-state index is 13.6. The number of halogens is 3. The molecular weight excluding hydrogens is 419 g/mol. The van der Waals surface area contributed by atoms with Crippen LogP contribution in [0.4, 0.5) is 18.9 Å². The van der Waals surface area contributed by atoms with Crippen LogP contribution in [0.1, 0.15) is 12.2 Å². The molecule has 0 saturated carbocycles. The number of nitrogens with one attached hydrogen (secondary N) is 1. The Balaban J connectivity index is 1.86. The zero-order valence-electron chi connectivity index (χ0n) is 17.1. The zero-order chi connectivity index (χ0) is 23.0. The molecule has 0 fully saturated rings. The average Bonchev–Trinajstić information content (AvgIpc) is 3.21. The number of imidazole rings is 1. The van der Waals surface area contributed by atoms with Crippen LogP contribution in [-0.2, 0) is 24.0 Å². The van der Waals surface area contributed by atoms with Crippen LogP contribution in [0, 0.1) is 0 Å². The number of rotatable bonds is 7. The molecule has 168 valence electrons. The number of aliphatic hydroxyl groups is 1. The van der Waals surface area contributed by atoms with Gasteiger partial charge in [-0.15, -0.1) is 0 Å². The van der Waals surface area contributed by atoms with E-state index in [1.165, 1.54) is 36.0 Å². The number of carbonyl (C=O) groups is 1. The highest BCUT2D eigenvalue weighted by Crippen LogP contribution is 2.41. The molecule has 3 rings (SSSR count). The van der Waals surface area contributed by atoms with Crippen LogP contribution in [0.2, 0.25) is 0 Å². The van der Waals surface area contributed by atoms with Crippen molar-refractivity contribution in [1.82, 2.24) is 19.0 Å². The molecular formula is C19H22F3N5O4. The molecule has 1 amide bonds. The lowest BCUT2D eigenvalue weighted by Crippen LogP contribution is -2.46. The number of fused-ring (bicyclic) bond motifs is 1. The van der Waals surface area contributed by atoms with Gasteiger partial charge in [0.2, 0.25) is 11.5 Å². The highest BCUT2D eigenvalue weighted by atomic mass is 19.4. The van der Waals surface area contributed by atoms with Crippen LogP contribution >= 0.6 is 0 Å². The maximum Gasteiger partial charge on any atom is 0.425 e. The molecule has 12 heteroatoms. The number of aryl methyl sites for hydroxylation is 1. The van der Waals surface area contributed by atoms with Crippen molar-refractivity contribution in [1.29, 1.82) is 0 Å². The molecule has 0 saturated heterocycles. The second-order valence-corrected chi connectivity index (χ2v) is 7.45. The Morgan fingerprint density at radius 1 is 1.32 bits per heavy atom. The number of alkyl halides is 3. The molecule has 0 aliphatic heterocycles. The molecule has 3 aromatic rings. The van der Waals surface area contributed by atoms with Gasteiger partial charge in [0.1, 0.15) is 0 Å². The minimum Gasteiger partial charge on any atom is -0.408 e. The maximum absolute atomic E-state index is 13.6. The fraction of sp³-hybridized carbons (Fsp3) is 0.421. The number of hydrogen-bond acceptors (Lipinski definition) is 6. The Kier molecular flexibility index (Phi) is 5.96. The van der Waals surface area contributed by atoms with Crippen molar-refractivity contribution in [3.05, 3.63) is 47.0 Å². The molecule has 1 atom stereocenters. The topological polar surface area (TPSA) is 106 Å². The van der Waals surface area contributed by atoms with Gasteiger partial charge in [-0.2, -0.15) is 13.2 Å². The summed E-state index contributed by atoms with van der Waals surface area (Å²) in [7, 11) is 4.96. The summed E-state index contributed by atoms with van der Waals surface area (Å²) in [4.78, 5) is 29.9. The molecule has 2 aromatic heterocycles. The summed E-state index contributed by atoms with van der Waals surface area (Å²) in [5, 5.41) is 12.7. The lowest BCUT2D eigenvalue weighted by atomic mass is 9.97. The SMILES string of the molecule is CN(C)CCn1c(=O)oc2ccc(NC(=O)C[C@](O)(c3nccn3C)C(F)(F)F)cc21. The van der Waals surface area contributed by atoms with E-state index in [0.29, 0.717) is 18.6 Å². The van der Waals surface area contributed by atoms with Crippen LogP contribution in [-0.4, -0.2) is 56.8 Å². The second kappa shape index (κ2) is 8.19. The third-order valence-electron chi connectivity index (χ3n) is 4.80. The minimum atomic E-state index is -5.13. The van der Waals surface area contributed by atoms with Crippen LogP contribution in [0.5, 0.6) is 0 Å². The van der Waals surface area contributed by atoms with Crippen LogP contribution in [0.3, 0.4) is 0 Å². The fourth-order valence-corrected chi connectivity index (χ4v) is 3.16. The first kappa shape index (κ1) is 22.6. The predicted octanol–water partition coefficient (Wildman–Crippen LogP) is 1.67. The van der Waals surface area contributed by atoms with Crippen molar-refractivity contribution in [3.8, 4) is 0 Å². The number of nitrogens with zero attached hydrogens (tertiary/aromatic N) is 4. The van der Waals surface area contributed by atoms with E-state index in [4.69, 9.17) is 4.42 Å². The third-order valence-corrected chi connectivity index (χ3v) is 4.80. The number of hydrogen-bond donors (Lipinski definition) is 2. The summed E-state index contributed by atoms with van der Waals surface area (Å²) >= 11 is 0. The molecule has 0 radical (unpaired) electrons. The Hall–Kier alpha value is -3.12. The van der Waals surface area contributed by atoms with Gasteiger partial charge in [-0.25, -0.2) is 9.78 Å². The highest BCUT2D eigenvalue weighted by Gasteiger charge is 2.58. The first-order chi connectivity index (χ1) is 14.4. The monoisotopic (exact) mass is 441 g/mol. The molecule has 2 N–H and O–H groups in total. The Labute approximate surface area is 174 Å². The average molecular weight is 441 g/mol. The number of carbonyl (C=O) groups excluding carboxylic acids is 1. The van der Waals surface area contributed by atoms with Crippen molar-refractivity contribution < 1.29 is 27.5 Å². The summed E-state index contributed by atoms with van der Waals surface area (Å²) < 4.78 is 48.4. The predicted molar refractivity (Wildman–Crippen MR) is 105 cm³/mol. The largest absolute Gasteiger partial charge is 0.425 e. The Morgan fingerprint density at radius 2 is 2.03 bits per heavy atom. The summed E-state index contributed by atoms with van der Waals surface area (Å²) in [6, 6.07) is 4.27. The third kappa shape index (κ3) is 4.49. The van der Waals surface area contributed by atoms with Crippen LogP contribution in [0.15, 0.2) is 39.8 Å². The summed E-state index contributed by atoms with van der Waals surface area (Å²) in [6.45, 7) is 0.872. The zero-order valence-corrected chi connectivity index (χ0v) is 17.1. The van der Waals surface area contributed by atoms with Gasteiger partial charge in [-0.3, -0.25) is 9.36 Å². The molecule has 31 heavy (non-hydrogen) atoms. The second-order valence-electron chi connectivity index (χ2n) is 7.45. The van der Waals surface area contributed by atoms with Crippen molar-refractivity contribution >= 4 is 22.7 Å². The van der Waals surface area contributed by atoms with E-state index in [-0.39, 0.29) is 11.3 Å².